The molecule has 0 atom stereocenters. The zero-order chi connectivity index (χ0) is 10.4. The number of aromatic nitrogens is 2. The Morgan fingerprint density at radius 3 is 3.00 bits per heavy atom. The van der Waals surface area contributed by atoms with Crippen LogP contribution in [-0.2, 0) is 0 Å². The Morgan fingerprint density at radius 2 is 2.50 bits per heavy atom. The number of hydrogen-bond donors (Lipinski definition) is 0. The molecular weight excluding hydrogens is 180 g/mol. The van der Waals surface area contributed by atoms with Crippen LogP contribution in [0.15, 0.2) is 18.7 Å². The molecule has 0 radical (unpaired) electrons. The first kappa shape index (κ1) is 10.3. The van der Waals surface area contributed by atoms with Crippen molar-refractivity contribution in [3.8, 4) is 6.07 Å². The molecule has 0 spiro atoms. The molecule has 14 heavy (non-hydrogen) atoms. The summed E-state index contributed by atoms with van der Waals surface area (Å²) in [5.74, 6) is 0. The molecule has 74 valence electrons. The number of carbonyl (C=O) groups excluding carboxylic acids is 1. The molecule has 0 saturated heterocycles. The van der Waals surface area contributed by atoms with Crippen molar-refractivity contribution in [3.05, 3.63) is 18.7 Å². The van der Waals surface area contributed by atoms with Gasteiger partial charge in [-0.25, -0.2) is 9.78 Å². The van der Waals surface area contributed by atoms with Gasteiger partial charge in [0, 0.05) is 25.5 Å². The summed E-state index contributed by atoms with van der Waals surface area (Å²) in [6.45, 7) is 2.94. The van der Waals surface area contributed by atoms with Crippen molar-refractivity contribution in [2.75, 3.05) is 13.1 Å². The van der Waals surface area contributed by atoms with E-state index in [-0.39, 0.29) is 6.03 Å². The van der Waals surface area contributed by atoms with Crippen molar-refractivity contribution in [2.24, 2.45) is 0 Å². The Hall–Kier alpha value is -1.83. The van der Waals surface area contributed by atoms with Crippen LogP contribution in [0.25, 0.3) is 0 Å². The Labute approximate surface area is 82.6 Å². The number of nitriles is 1. The Bertz CT molecular complexity index is 325. The smallest absolute Gasteiger partial charge is 0.323 e. The molecule has 0 aromatic carbocycles. The van der Waals surface area contributed by atoms with Crippen LogP contribution in [0.5, 0.6) is 0 Å². The zero-order valence-corrected chi connectivity index (χ0v) is 8.05. The highest BCUT2D eigenvalue weighted by atomic mass is 16.2. The number of rotatable bonds is 3. The molecule has 0 unspecified atom stereocenters. The Morgan fingerprint density at radius 1 is 1.71 bits per heavy atom. The largest absolute Gasteiger partial charge is 0.329 e. The minimum atomic E-state index is -0.139. The van der Waals surface area contributed by atoms with E-state index in [2.05, 4.69) is 4.98 Å². The molecule has 1 heterocycles. The number of amides is 1. The SMILES string of the molecule is CCN(CCC#N)C(=O)n1ccnc1. The summed E-state index contributed by atoms with van der Waals surface area (Å²) in [5, 5.41) is 8.42. The molecule has 1 aromatic rings. The van der Waals surface area contributed by atoms with Crippen LogP contribution < -0.4 is 0 Å². The number of hydrogen-bond acceptors (Lipinski definition) is 3. The molecule has 0 bridgehead atoms. The first-order valence-corrected chi connectivity index (χ1v) is 4.43. The average Bonchev–Trinajstić information content (AvgIpc) is 2.71. The molecule has 1 aromatic heterocycles. The lowest BCUT2D eigenvalue weighted by Gasteiger charge is -2.18. The molecule has 0 aliphatic carbocycles. The van der Waals surface area contributed by atoms with E-state index in [9.17, 15) is 4.79 Å². The summed E-state index contributed by atoms with van der Waals surface area (Å²) < 4.78 is 1.40. The molecule has 1 rings (SSSR count). The zero-order valence-electron chi connectivity index (χ0n) is 8.05. The summed E-state index contributed by atoms with van der Waals surface area (Å²) in [6.07, 6.45) is 4.96. The van der Waals surface area contributed by atoms with E-state index < -0.39 is 0 Å². The van der Waals surface area contributed by atoms with E-state index in [1.807, 2.05) is 13.0 Å². The van der Waals surface area contributed by atoms with Crippen molar-refractivity contribution < 1.29 is 4.79 Å². The van der Waals surface area contributed by atoms with Crippen LogP contribution in [0, 0.1) is 11.3 Å². The summed E-state index contributed by atoms with van der Waals surface area (Å²) in [4.78, 5) is 17.1. The van der Waals surface area contributed by atoms with Crippen molar-refractivity contribution in [3.63, 3.8) is 0 Å². The maximum absolute atomic E-state index is 11.7. The van der Waals surface area contributed by atoms with Crippen molar-refractivity contribution in [2.45, 2.75) is 13.3 Å². The molecule has 0 aliphatic rings. The topological polar surface area (TPSA) is 61.9 Å². The van der Waals surface area contributed by atoms with Crippen LogP contribution in [0.3, 0.4) is 0 Å². The molecule has 5 heteroatoms. The van der Waals surface area contributed by atoms with Gasteiger partial charge in [-0.15, -0.1) is 0 Å². The molecule has 0 fully saturated rings. The second-order valence-electron chi connectivity index (χ2n) is 2.74. The molecule has 0 aliphatic heterocycles. The van der Waals surface area contributed by atoms with Crippen LogP contribution >= 0.6 is 0 Å². The fraction of sp³-hybridized carbons (Fsp3) is 0.444. The Balaban J connectivity index is 2.62. The van der Waals surface area contributed by atoms with Crippen molar-refractivity contribution in [1.29, 1.82) is 5.26 Å². The standard InChI is InChI=1S/C9H12N4O/c1-2-12(6-3-4-10)9(14)13-7-5-11-8-13/h5,7-8H,2-3,6H2,1H3. The van der Waals surface area contributed by atoms with E-state index >= 15 is 0 Å². The third kappa shape index (κ3) is 2.33. The van der Waals surface area contributed by atoms with Gasteiger partial charge in [0.2, 0.25) is 0 Å². The number of nitrogens with zero attached hydrogens (tertiary/aromatic N) is 4. The summed E-state index contributed by atoms with van der Waals surface area (Å²) in [5.41, 5.74) is 0. The fourth-order valence-electron chi connectivity index (χ4n) is 1.11. The fourth-order valence-corrected chi connectivity index (χ4v) is 1.11. The molecule has 1 amide bonds. The molecule has 0 saturated carbocycles. The van der Waals surface area contributed by atoms with Crippen molar-refractivity contribution >= 4 is 6.03 Å². The van der Waals surface area contributed by atoms with Gasteiger partial charge >= 0.3 is 6.03 Å². The van der Waals surface area contributed by atoms with Gasteiger partial charge in [-0.1, -0.05) is 0 Å². The van der Waals surface area contributed by atoms with Gasteiger partial charge in [0.15, 0.2) is 0 Å². The average molecular weight is 192 g/mol. The predicted molar refractivity (Wildman–Crippen MR) is 50.5 cm³/mol. The van der Waals surface area contributed by atoms with Gasteiger partial charge in [-0.2, -0.15) is 5.26 Å². The van der Waals surface area contributed by atoms with Crippen molar-refractivity contribution in [1.82, 2.24) is 14.5 Å². The van der Waals surface area contributed by atoms with Gasteiger partial charge < -0.3 is 4.90 Å². The normalized spacial score (nSPS) is 9.43. The minimum absolute atomic E-state index is 0.139. The van der Waals surface area contributed by atoms with Crippen LogP contribution in [0.1, 0.15) is 13.3 Å². The van der Waals surface area contributed by atoms with Crippen LogP contribution in [0.2, 0.25) is 0 Å². The molecular formula is C9H12N4O. The van der Waals surface area contributed by atoms with Gasteiger partial charge in [0.1, 0.15) is 6.33 Å². The molecule has 0 N–H and O–H groups in total. The van der Waals surface area contributed by atoms with Crippen LogP contribution in [-0.4, -0.2) is 33.6 Å². The second kappa shape index (κ2) is 5.02. The highest BCUT2D eigenvalue weighted by Crippen LogP contribution is 1.97. The highest BCUT2D eigenvalue weighted by Gasteiger charge is 2.11. The lowest BCUT2D eigenvalue weighted by atomic mass is 10.4. The van der Waals surface area contributed by atoms with Gasteiger partial charge in [-0.05, 0) is 6.92 Å². The monoisotopic (exact) mass is 192 g/mol. The van der Waals surface area contributed by atoms with Gasteiger partial charge in [0.25, 0.3) is 0 Å². The number of carbonyl (C=O) groups is 1. The van der Waals surface area contributed by atoms with E-state index in [1.54, 1.807) is 17.3 Å². The summed E-state index contributed by atoms with van der Waals surface area (Å²) >= 11 is 0. The van der Waals surface area contributed by atoms with E-state index in [4.69, 9.17) is 5.26 Å². The highest BCUT2D eigenvalue weighted by molar-refractivity contribution is 5.76. The van der Waals surface area contributed by atoms with E-state index in [0.717, 1.165) is 0 Å². The van der Waals surface area contributed by atoms with E-state index in [0.29, 0.717) is 19.5 Å². The first-order chi connectivity index (χ1) is 6.79. The first-order valence-electron chi connectivity index (χ1n) is 4.43. The molecule has 5 nitrogen and oxygen atoms in total. The van der Waals surface area contributed by atoms with Gasteiger partial charge in [0.05, 0.1) is 12.5 Å². The maximum Gasteiger partial charge on any atom is 0.329 e. The third-order valence-electron chi connectivity index (χ3n) is 1.87. The Kier molecular flexibility index (Phi) is 3.68. The second-order valence-corrected chi connectivity index (χ2v) is 2.74. The summed E-state index contributed by atoms with van der Waals surface area (Å²) in [6, 6.07) is 1.88. The summed E-state index contributed by atoms with van der Waals surface area (Å²) in [7, 11) is 0. The third-order valence-corrected chi connectivity index (χ3v) is 1.87. The maximum atomic E-state index is 11.7. The van der Waals surface area contributed by atoms with Crippen LogP contribution in [0.4, 0.5) is 4.79 Å². The lowest BCUT2D eigenvalue weighted by molar-refractivity contribution is 0.203. The number of imidazole rings is 1. The minimum Gasteiger partial charge on any atom is -0.323 e. The predicted octanol–water partition coefficient (Wildman–Crippen LogP) is 1.09. The lowest BCUT2D eigenvalue weighted by Crippen LogP contribution is -2.34. The van der Waals surface area contributed by atoms with E-state index in [1.165, 1.54) is 10.9 Å². The quantitative estimate of drug-likeness (QED) is 0.720. The van der Waals surface area contributed by atoms with Gasteiger partial charge in [-0.3, -0.25) is 4.57 Å².